The predicted octanol–water partition coefficient (Wildman–Crippen LogP) is 6.58. The van der Waals surface area contributed by atoms with Crippen LogP contribution in [0.15, 0.2) is 60.7 Å². The molecule has 4 rings (SSSR count). The van der Waals surface area contributed by atoms with E-state index in [2.05, 4.69) is 90.6 Å². The third-order valence-electron chi connectivity index (χ3n) is 5.58. The molecule has 4 heteroatoms. The van der Waals surface area contributed by atoms with Gasteiger partial charge in [-0.1, -0.05) is 50.2 Å². The van der Waals surface area contributed by atoms with Gasteiger partial charge >= 0.3 is 6.03 Å². The van der Waals surface area contributed by atoms with Crippen LogP contribution in [0.5, 0.6) is 0 Å². The number of fused-ring (bicyclic) bond motifs is 3. The Morgan fingerprint density at radius 3 is 2.17 bits per heavy atom. The number of aryl methyl sites for hydroxylation is 3. The van der Waals surface area contributed by atoms with Crippen molar-refractivity contribution in [1.82, 2.24) is 4.57 Å². The van der Waals surface area contributed by atoms with Crippen LogP contribution in [0.4, 0.5) is 16.2 Å². The number of nitrogens with zero attached hydrogens (tertiary/aromatic N) is 1. The molecule has 0 spiro atoms. The molecule has 0 aliphatic rings. The number of hydrogen-bond donors (Lipinski definition) is 2. The van der Waals surface area contributed by atoms with E-state index in [-0.39, 0.29) is 6.03 Å². The maximum atomic E-state index is 12.8. The number of aromatic nitrogens is 1. The summed E-state index contributed by atoms with van der Waals surface area (Å²) in [6.07, 6.45) is 1.76. The lowest BCUT2D eigenvalue weighted by atomic mass is 10.0. The van der Waals surface area contributed by atoms with Gasteiger partial charge in [0.2, 0.25) is 0 Å². The zero-order chi connectivity index (χ0) is 20.4. The number of carbonyl (C=O) groups excluding carboxylic acids is 1. The third kappa shape index (κ3) is 3.46. The molecule has 0 aliphatic carbocycles. The molecule has 2 amide bonds. The van der Waals surface area contributed by atoms with Gasteiger partial charge in [-0.15, -0.1) is 0 Å². The number of amides is 2. The lowest BCUT2D eigenvalue weighted by Crippen LogP contribution is -2.21. The second-order valence-electron chi connectivity index (χ2n) is 7.23. The zero-order valence-corrected chi connectivity index (χ0v) is 17.3. The molecule has 0 aliphatic heterocycles. The van der Waals surface area contributed by atoms with Crippen LogP contribution in [-0.2, 0) is 19.4 Å². The van der Waals surface area contributed by atoms with Crippen LogP contribution in [0.2, 0.25) is 0 Å². The van der Waals surface area contributed by atoms with Crippen molar-refractivity contribution in [1.29, 1.82) is 0 Å². The summed E-state index contributed by atoms with van der Waals surface area (Å²) in [6.45, 7) is 7.28. The minimum absolute atomic E-state index is 0.209. The van der Waals surface area contributed by atoms with Gasteiger partial charge in [0.15, 0.2) is 0 Å². The Morgan fingerprint density at radius 1 is 0.793 bits per heavy atom. The van der Waals surface area contributed by atoms with E-state index in [9.17, 15) is 4.79 Å². The van der Waals surface area contributed by atoms with E-state index in [1.807, 2.05) is 6.07 Å². The van der Waals surface area contributed by atoms with Crippen molar-refractivity contribution >= 4 is 39.2 Å². The average Bonchev–Trinajstić information content (AvgIpc) is 3.07. The summed E-state index contributed by atoms with van der Waals surface area (Å²) in [5.74, 6) is 0. The van der Waals surface area contributed by atoms with Crippen molar-refractivity contribution in [2.24, 2.45) is 0 Å². The van der Waals surface area contributed by atoms with Gasteiger partial charge in [0.25, 0.3) is 0 Å². The van der Waals surface area contributed by atoms with Crippen molar-refractivity contribution in [3.63, 3.8) is 0 Å². The number of benzene rings is 3. The highest BCUT2D eigenvalue weighted by molar-refractivity contribution is 6.10. The Morgan fingerprint density at radius 2 is 1.48 bits per heavy atom. The van der Waals surface area contributed by atoms with E-state index in [1.54, 1.807) is 0 Å². The number of urea groups is 1. The molecule has 1 heterocycles. The van der Waals surface area contributed by atoms with Crippen LogP contribution in [0.3, 0.4) is 0 Å². The number of hydrogen-bond acceptors (Lipinski definition) is 1. The minimum Gasteiger partial charge on any atom is -0.341 e. The summed E-state index contributed by atoms with van der Waals surface area (Å²) in [4.78, 5) is 12.8. The van der Waals surface area contributed by atoms with Crippen LogP contribution in [0, 0.1) is 0 Å². The smallest absolute Gasteiger partial charge is 0.323 e. The summed E-state index contributed by atoms with van der Waals surface area (Å²) in [5.41, 5.74) is 6.43. The number of para-hydroxylation sites is 2. The molecule has 0 radical (unpaired) electrons. The monoisotopic (exact) mass is 385 g/mol. The minimum atomic E-state index is -0.209. The number of anilines is 2. The molecule has 0 saturated carbocycles. The number of carbonyl (C=O) groups is 1. The maximum absolute atomic E-state index is 12.8. The van der Waals surface area contributed by atoms with Crippen molar-refractivity contribution in [2.75, 3.05) is 10.6 Å². The molecule has 0 bridgehead atoms. The standard InChI is InChI=1S/C25H27N3O/c1-4-17-10-9-11-18(5-2)24(17)27-25(29)26-19-14-15-23-21(16-19)20-12-7-8-13-22(20)28(23)6-3/h7-16H,4-6H2,1-3H3,(H2,26,27,29). The van der Waals surface area contributed by atoms with E-state index in [4.69, 9.17) is 0 Å². The van der Waals surface area contributed by atoms with Gasteiger partial charge in [-0.05, 0) is 55.2 Å². The predicted molar refractivity (Wildman–Crippen MR) is 123 cm³/mol. The highest BCUT2D eigenvalue weighted by Gasteiger charge is 2.13. The Kier molecular flexibility index (Phi) is 5.26. The lowest BCUT2D eigenvalue weighted by molar-refractivity contribution is 0.262. The Hall–Kier alpha value is -3.27. The molecular formula is C25H27N3O. The fourth-order valence-electron chi connectivity index (χ4n) is 4.15. The SMILES string of the molecule is CCc1cccc(CC)c1NC(=O)Nc1ccc2c(c1)c1ccccc1n2CC. The quantitative estimate of drug-likeness (QED) is 0.400. The van der Waals surface area contributed by atoms with Crippen LogP contribution in [-0.4, -0.2) is 10.6 Å². The molecule has 29 heavy (non-hydrogen) atoms. The van der Waals surface area contributed by atoms with Crippen LogP contribution < -0.4 is 10.6 Å². The highest BCUT2D eigenvalue weighted by atomic mass is 16.2. The first-order valence-electron chi connectivity index (χ1n) is 10.4. The van der Waals surface area contributed by atoms with Crippen LogP contribution >= 0.6 is 0 Å². The molecule has 2 N–H and O–H groups in total. The Labute approximate surface area is 171 Å². The molecule has 1 aromatic heterocycles. The highest BCUT2D eigenvalue weighted by Crippen LogP contribution is 2.31. The average molecular weight is 386 g/mol. The first-order valence-corrected chi connectivity index (χ1v) is 10.4. The Balaban J connectivity index is 1.65. The fraction of sp³-hybridized carbons (Fsp3) is 0.240. The lowest BCUT2D eigenvalue weighted by Gasteiger charge is -2.15. The van der Waals surface area contributed by atoms with Gasteiger partial charge in [0.05, 0.1) is 0 Å². The molecule has 4 nitrogen and oxygen atoms in total. The molecule has 4 aromatic rings. The second-order valence-corrected chi connectivity index (χ2v) is 7.23. The summed E-state index contributed by atoms with van der Waals surface area (Å²) >= 11 is 0. The number of rotatable bonds is 5. The van der Waals surface area contributed by atoms with Crippen molar-refractivity contribution in [3.05, 3.63) is 71.8 Å². The van der Waals surface area contributed by atoms with E-state index in [0.717, 1.165) is 47.3 Å². The van der Waals surface area contributed by atoms with Gasteiger partial charge in [-0.25, -0.2) is 4.79 Å². The summed E-state index contributed by atoms with van der Waals surface area (Å²) in [7, 11) is 0. The first-order chi connectivity index (χ1) is 14.2. The Bertz CT molecular complexity index is 1170. The molecule has 0 saturated heterocycles. The van der Waals surface area contributed by atoms with Crippen molar-refractivity contribution < 1.29 is 4.79 Å². The summed E-state index contributed by atoms with van der Waals surface area (Å²) in [5, 5.41) is 8.46. The van der Waals surface area contributed by atoms with Gasteiger partial charge in [-0.2, -0.15) is 0 Å². The van der Waals surface area contributed by atoms with Crippen LogP contribution in [0.1, 0.15) is 31.9 Å². The number of nitrogens with one attached hydrogen (secondary N) is 2. The van der Waals surface area contributed by atoms with E-state index < -0.39 is 0 Å². The van der Waals surface area contributed by atoms with E-state index in [0.29, 0.717) is 0 Å². The topological polar surface area (TPSA) is 46.1 Å². The van der Waals surface area contributed by atoms with Gasteiger partial charge < -0.3 is 15.2 Å². The molecule has 0 atom stereocenters. The van der Waals surface area contributed by atoms with Crippen LogP contribution in [0.25, 0.3) is 21.8 Å². The van der Waals surface area contributed by atoms with Crippen molar-refractivity contribution in [2.45, 2.75) is 40.2 Å². The molecule has 3 aromatic carbocycles. The van der Waals surface area contributed by atoms with Crippen molar-refractivity contribution in [3.8, 4) is 0 Å². The molecule has 148 valence electrons. The first kappa shape index (κ1) is 19.1. The largest absolute Gasteiger partial charge is 0.341 e. The van der Waals surface area contributed by atoms with E-state index in [1.165, 1.54) is 16.4 Å². The molecule has 0 fully saturated rings. The zero-order valence-electron chi connectivity index (χ0n) is 17.3. The summed E-state index contributed by atoms with van der Waals surface area (Å²) in [6, 6.07) is 20.5. The normalized spacial score (nSPS) is 11.1. The molecular weight excluding hydrogens is 358 g/mol. The fourth-order valence-corrected chi connectivity index (χ4v) is 4.15. The van der Waals surface area contributed by atoms with Gasteiger partial charge in [-0.3, -0.25) is 0 Å². The third-order valence-corrected chi connectivity index (χ3v) is 5.58. The summed E-state index contributed by atoms with van der Waals surface area (Å²) < 4.78 is 2.31. The van der Waals surface area contributed by atoms with E-state index >= 15 is 0 Å². The van der Waals surface area contributed by atoms with Gasteiger partial charge in [0.1, 0.15) is 0 Å². The second kappa shape index (κ2) is 8.00. The maximum Gasteiger partial charge on any atom is 0.323 e. The molecule has 0 unspecified atom stereocenters. The van der Waals surface area contributed by atoms with Gasteiger partial charge in [0, 0.05) is 39.7 Å².